The quantitative estimate of drug-likeness (QED) is 0.445. The third kappa shape index (κ3) is 4.80. The normalized spacial score (nSPS) is 35.7. The van der Waals surface area contributed by atoms with Gasteiger partial charge in [-0.15, -0.1) is 0 Å². The summed E-state index contributed by atoms with van der Waals surface area (Å²) in [6, 6.07) is 0.286. The lowest BCUT2D eigenvalue weighted by Crippen LogP contribution is -2.44. The van der Waals surface area contributed by atoms with E-state index in [0.717, 1.165) is 70.1 Å². The first kappa shape index (κ1) is 21.5. The maximum Gasteiger partial charge on any atom is 0.150 e. The van der Waals surface area contributed by atoms with Crippen molar-refractivity contribution in [3.05, 3.63) is 11.3 Å². The van der Waals surface area contributed by atoms with Crippen molar-refractivity contribution in [2.24, 2.45) is 10.9 Å². The van der Waals surface area contributed by atoms with Crippen LogP contribution in [0, 0.1) is 5.92 Å². The van der Waals surface area contributed by atoms with Crippen LogP contribution in [0.3, 0.4) is 0 Å². The molecule has 3 atom stereocenters. The van der Waals surface area contributed by atoms with Crippen molar-refractivity contribution in [3.63, 3.8) is 0 Å². The van der Waals surface area contributed by atoms with Crippen molar-refractivity contribution in [1.29, 1.82) is 0 Å². The van der Waals surface area contributed by atoms with Crippen LogP contribution in [0.1, 0.15) is 90.4 Å². The Hall–Kier alpha value is -0.720. The third-order valence-electron chi connectivity index (χ3n) is 7.46. The van der Waals surface area contributed by atoms with E-state index in [-0.39, 0.29) is 11.3 Å². The van der Waals surface area contributed by atoms with Gasteiger partial charge >= 0.3 is 0 Å². The highest BCUT2D eigenvalue weighted by Crippen LogP contribution is 2.41. The first-order valence-corrected chi connectivity index (χ1v) is 13.5. The summed E-state index contributed by atoms with van der Waals surface area (Å²) in [5.74, 6) is 0.436. The molecule has 0 radical (unpaired) electrons. The van der Waals surface area contributed by atoms with Crippen LogP contribution in [-0.4, -0.2) is 45.6 Å². The third-order valence-corrected chi connectivity index (χ3v) is 9.79. The Bertz CT molecular complexity index is 667. The van der Waals surface area contributed by atoms with Crippen LogP contribution >= 0.6 is 0 Å². The molecule has 0 aromatic rings. The molecule has 2 fully saturated rings. The molecular formula is C23H38N2O3S. The molecule has 4 aliphatic rings. The average molecular weight is 423 g/mol. The van der Waals surface area contributed by atoms with Crippen molar-refractivity contribution in [2.75, 3.05) is 13.2 Å². The van der Waals surface area contributed by atoms with E-state index in [9.17, 15) is 8.76 Å². The predicted molar refractivity (Wildman–Crippen MR) is 118 cm³/mol. The van der Waals surface area contributed by atoms with Gasteiger partial charge in [0.25, 0.3) is 0 Å². The number of hydrogen-bond donors (Lipinski definition) is 0. The van der Waals surface area contributed by atoms with Gasteiger partial charge in [-0.05, 0) is 83.1 Å². The maximum atomic E-state index is 13.3. The summed E-state index contributed by atoms with van der Waals surface area (Å²) in [6.45, 7) is 3.52. The molecule has 6 heteroatoms. The first-order chi connectivity index (χ1) is 14.1. The van der Waals surface area contributed by atoms with E-state index in [1.807, 2.05) is 0 Å². The first-order valence-electron chi connectivity index (χ1n) is 12.0. The largest absolute Gasteiger partial charge is 0.593 e. The number of allylic oxidation sites excluding steroid dienone is 1. The molecule has 0 saturated heterocycles. The molecule has 4 rings (SSSR count). The van der Waals surface area contributed by atoms with Crippen LogP contribution in [0.15, 0.2) is 16.3 Å². The highest BCUT2D eigenvalue weighted by molar-refractivity contribution is 7.96. The fourth-order valence-corrected chi connectivity index (χ4v) is 7.90. The average Bonchev–Trinajstić information content (AvgIpc) is 3.19. The fraction of sp³-hybridized carbons (Fsp3) is 0.870. The molecule has 2 saturated carbocycles. The molecule has 164 valence electrons. The second-order valence-electron chi connectivity index (χ2n) is 9.30. The number of ether oxygens (including phenoxy) is 1. The molecular weight excluding hydrogens is 384 g/mol. The molecule has 0 bridgehead atoms. The number of aliphatic imine (C=N–C) groups is 1. The summed E-state index contributed by atoms with van der Waals surface area (Å²) in [5, 5.41) is -0.214. The number of rotatable bonds is 6. The summed E-state index contributed by atoms with van der Waals surface area (Å²) in [7, 11) is -3.20. The van der Waals surface area contributed by atoms with Crippen LogP contribution in [-0.2, 0) is 19.3 Å². The molecule has 1 heterocycles. The van der Waals surface area contributed by atoms with Crippen molar-refractivity contribution in [3.8, 4) is 0 Å². The van der Waals surface area contributed by atoms with Crippen LogP contribution in [0.4, 0.5) is 0 Å². The molecule has 0 amide bonds. The molecule has 0 aromatic carbocycles. The molecule has 3 unspecified atom stereocenters. The van der Waals surface area contributed by atoms with E-state index in [2.05, 4.69) is 13.1 Å². The van der Waals surface area contributed by atoms with Crippen molar-refractivity contribution >= 4 is 16.6 Å². The molecule has 29 heavy (non-hydrogen) atoms. The van der Waals surface area contributed by atoms with Crippen LogP contribution in [0.2, 0.25) is 0 Å². The summed E-state index contributed by atoms with van der Waals surface area (Å²) < 4.78 is 34.3. The second kappa shape index (κ2) is 9.61. The Morgan fingerprint density at radius 3 is 2.62 bits per heavy atom. The Labute approximate surface area is 177 Å². The predicted octanol–water partition coefficient (Wildman–Crippen LogP) is 5.04. The molecule has 3 aliphatic carbocycles. The van der Waals surface area contributed by atoms with Gasteiger partial charge in [0, 0.05) is 24.8 Å². The summed E-state index contributed by atoms with van der Waals surface area (Å²) in [6.07, 6.45) is 16.0. The summed E-state index contributed by atoms with van der Waals surface area (Å²) in [5.41, 5.74) is 2.56. The maximum absolute atomic E-state index is 13.3. The minimum absolute atomic E-state index is 0.214. The lowest BCUT2D eigenvalue weighted by atomic mass is 9.87. The van der Waals surface area contributed by atoms with Gasteiger partial charge in [0.05, 0.1) is 18.3 Å². The van der Waals surface area contributed by atoms with E-state index >= 15 is 0 Å². The van der Waals surface area contributed by atoms with Gasteiger partial charge < -0.3 is 9.29 Å². The van der Waals surface area contributed by atoms with E-state index in [0.29, 0.717) is 18.6 Å². The molecule has 5 nitrogen and oxygen atoms in total. The highest BCUT2D eigenvalue weighted by atomic mass is 32.3. The second-order valence-corrected chi connectivity index (χ2v) is 11.4. The van der Waals surface area contributed by atoms with Crippen LogP contribution in [0.5, 0.6) is 0 Å². The van der Waals surface area contributed by atoms with Crippen LogP contribution in [0.25, 0.3) is 0 Å². The Kier molecular flexibility index (Phi) is 7.13. The van der Waals surface area contributed by atoms with Crippen LogP contribution < -0.4 is 0 Å². The zero-order valence-electron chi connectivity index (χ0n) is 18.0. The minimum Gasteiger partial charge on any atom is -0.593 e. The summed E-state index contributed by atoms with van der Waals surface area (Å²) in [4.78, 5) is 4.90. The van der Waals surface area contributed by atoms with Gasteiger partial charge in [-0.3, -0.25) is 4.99 Å². The van der Waals surface area contributed by atoms with E-state index < -0.39 is 10.4 Å². The fourth-order valence-electron chi connectivity index (χ4n) is 5.80. The topological polar surface area (TPSA) is 65.0 Å². The van der Waals surface area contributed by atoms with Gasteiger partial charge in [0.1, 0.15) is 5.25 Å². The standard InChI is InChI=1S/C23H38N2O3S/c1-2-28-23-10-6-4-8-19(23)17-24-20-11-13-21(14-12-20)29(26,27)25-16-15-18-7-3-5-9-22(18)25/h17,19-21,23H,2-16H2,1H3. The Balaban J connectivity index is 1.32. The number of hydrogen-bond acceptors (Lipinski definition) is 4. The Morgan fingerprint density at radius 1 is 1.07 bits per heavy atom. The SMILES string of the molecule is CCOC1CCCCC1C=NC1CCC([S+](=O)([O-])N2CCC3=C2CCCC3)CC1. The smallest absolute Gasteiger partial charge is 0.150 e. The lowest BCUT2D eigenvalue weighted by Gasteiger charge is -2.36. The zero-order chi connectivity index (χ0) is 20.3. The van der Waals surface area contributed by atoms with Gasteiger partial charge in [0.2, 0.25) is 0 Å². The zero-order valence-corrected chi connectivity index (χ0v) is 18.8. The minimum atomic E-state index is -3.20. The molecule has 1 aliphatic heterocycles. The number of sulfonamides is 1. The van der Waals surface area contributed by atoms with Gasteiger partial charge in [-0.25, -0.2) is 0 Å². The van der Waals surface area contributed by atoms with E-state index in [4.69, 9.17) is 9.73 Å². The van der Waals surface area contributed by atoms with Crippen molar-refractivity contribution in [1.82, 2.24) is 4.31 Å². The van der Waals surface area contributed by atoms with E-state index in [1.54, 1.807) is 4.31 Å². The highest BCUT2D eigenvalue weighted by Gasteiger charge is 2.43. The van der Waals surface area contributed by atoms with Gasteiger partial charge in [0.15, 0.2) is 10.4 Å². The van der Waals surface area contributed by atoms with Gasteiger partial charge in [-0.2, -0.15) is 4.31 Å². The lowest BCUT2D eigenvalue weighted by molar-refractivity contribution is 0.0182. The van der Waals surface area contributed by atoms with E-state index in [1.165, 1.54) is 31.3 Å². The number of nitrogens with zero attached hydrogens (tertiary/aromatic N) is 2. The Morgan fingerprint density at radius 2 is 1.83 bits per heavy atom. The monoisotopic (exact) mass is 422 g/mol. The van der Waals surface area contributed by atoms with Crippen molar-refractivity contribution in [2.45, 2.75) is 108 Å². The van der Waals surface area contributed by atoms with Crippen molar-refractivity contribution < 1.29 is 13.5 Å². The molecule has 0 aromatic heterocycles. The van der Waals surface area contributed by atoms with Gasteiger partial charge in [-0.1, -0.05) is 17.1 Å². The summed E-state index contributed by atoms with van der Waals surface area (Å²) >= 11 is 0. The molecule has 0 N–H and O–H groups in total. The molecule has 0 spiro atoms.